The van der Waals surface area contributed by atoms with Crippen LogP contribution in [0.5, 0.6) is 0 Å². The molecular weight excluding hydrogens is 1770 g/mol. The molecule has 0 spiro atoms. The smallest absolute Gasteiger partial charge is 0.0465 e. The molecule has 0 aliphatic heterocycles. The first-order valence-electron chi connectivity index (χ1n) is 50.7. The van der Waals surface area contributed by atoms with Crippen LogP contribution in [0.25, 0.3) is 122 Å². The van der Waals surface area contributed by atoms with E-state index in [4.69, 9.17) is 0 Å². The lowest BCUT2D eigenvalue weighted by atomic mass is 9.82. The Morgan fingerprint density at radius 1 is 0.122 bits per heavy atom. The van der Waals surface area contributed by atoms with Crippen molar-refractivity contribution in [2.75, 3.05) is 19.6 Å². The molecule has 23 aromatic rings. The van der Waals surface area contributed by atoms with Crippen LogP contribution in [0.4, 0.5) is 68.2 Å². The molecule has 24 rings (SSSR count). The van der Waals surface area contributed by atoms with Crippen LogP contribution in [-0.4, -0.2) is 0 Å². The molecule has 0 saturated heterocycles. The van der Waals surface area contributed by atoms with Crippen molar-refractivity contribution >= 4 is 79.0 Å². The van der Waals surface area contributed by atoms with E-state index in [0.717, 1.165) is 62.6 Å². The van der Waals surface area contributed by atoms with E-state index >= 15 is 0 Å². The standard InChI is InChI=1S/C40H33N.C37H29N.C35H27N.C31H25N/c1-28-17-21-31(22-18-28)41(33-25-26-37-36-15-9-10-16-38(36)40(2,3)39(37)27-33)32-23-19-30(20-24-32)35-14-8-7-13-34(35)29-11-5-4-6-12-29;1-28-16-22-33(23-17-28)38(34-24-18-30(19-25-34)29-10-4-2-5-11-29)35-26-20-32(21-27-35)37-15-9-8-14-36(37)31-12-6-3-7-13-31;1-26-11-19-33(20-12-26)36(34-21-15-29(16-22-34)27-7-3-2-4-8-27)35-23-17-30(18-24-35)32-14-13-28-9-5-6-10-31(28)25-32;1-24-16-20-28(21-17-24)32(27-12-6-3-7-13-27)29-22-18-26(19-23-29)31-15-9-8-14-30(31)25-10-4-2-5-11-25/h4-27H,1-3H3;2-27H,1H3;2-25H,1H3;2-23H,1H3. The van der Waals surface area contributed by atoms with Gasteiger partial charge in [-0.2, -0.15) is 0 Å². The Hall–Kier alpha value is -18.5. The van der Waals surface area contributed by atoms with E-state index in [1.807, 2.05) is 0 Å². The molecule has 4 heteroatoms. The normalized spacial score (nSPS) is 11.4. The highest BCUT2D eigenvalue weighted by Crippen LogP contribution is 2.52. The number of anilines is 12. The van der Waals surface area contributed by atoms with Crippen molar-refractivity contribution in [2.45, 2.75) is 47.0 Å². The largest absolute Gasteiger partial charge is 0.311 e. The molecule has 0 heterocycles. The van der Waals surface area contributed by atoms with Gasteiger partial charge in [0.05, 0.1) is 0 Å². The average Bonchev–Trinajstić information content (AvgIpc) is 1.57. The average molecular weight is 1890 g/mol. The maximum absolute atomic E-state index is 2.40. The van der Waals surface area contributed by atoms with E-state index < -0.39 is 0 Å². The zero-order valence-electron chi connectivity index (χ0n) is 83.7. The van der Waals surface area contributed by atoms with E-state index in [-0.39, 0.29) is 5.41 Å². The van der Waals surface area contributed by atoms with Gasteiger partial charge in [0.25, 0.3) is 0 Å². The third kappa shape index (κ3) is 21.4. The number of para-hydroxylation sites is 1. The van der Waals surface area contributed by atoms with Gasteiger partial charge in [-0.1, -0.05) is 467 Å². The Labute approximate surface area is 866 Å². The van der Waals surface area contributed by atoms with Crippen LogP contribution in [0.1, 0.15) is 47.2 Å². The molecule has 0 fully saturated rings. The van der Waals surface area contributed by atoms with Crippen molar-refractivity contribution in [3.05, 3.63) is 616 Å². The molecule has 147 heavy (non-hydrogen) atoms. The van der Waals surface area contributed by atoms with Gasteiger partial charge < -0.3 is 19.6 Å². The lowest BCUT2D eigenvalue weighted by Crippen LogP contribution is -2.16. The highest BCUT2D eigenvalue weighted by molar-refractivity contribution is 5.93. The minimum atomic E-state index is -0.0497. The number of nitrogens with zero attached hydrogens (tertiary/aromatic N) is 4. The number of hydrogen-bond acceptors (Lipinski definition) is 4. The molecule has 0 radical (unpaired) electrons. The molecule has 0 bridgehead atoms. The van der Waals surface area contributed by atoms with Crippen LogP contribution in [0.3, 0.4) is 0 Å². The van der Waals surface area contributed by atoms with Crippen LogP contribution >= 0.6 is 0 Å². The molecule has 0 aromatic heterocycles. The summed E-state index contributed by atoms with van der Waals surface area (Å²) in [4.78, 5) is 9.32. The number of fused-ring (bicyclic) bond motifs is 4. The molecule has 0 unspecified atom stereocenters. The predicted molar refractivity (Wildman–Crippen MR) is 627 cm³/mol. The van der Waals surface area contributed by atoms with Gasteiger partial charge in [0.15, 0.2) is 0 Å². The van der Waals surface area contributed by atoms with Crippen molar-refractivity contribution in [1.29, 1.82) is 0 Å². The minimum absolute atomic E-state index is 0.0497. The second-order valence-corrected chi connectivity index (χ2v) is 38.2. The summed E-state index contributed by atoms with van der Waals surface area (Å²) in [5, 5.41) is 2.53. The second kappa shape index (κ2) is 43.9. The number of aryl methyl sites for hydroxylation is 4. The summed E-state index contributed by atoms with van der Waals surface area (Å²) in [6.07, 6.45) is 0. The maximum Gasteiger partial charge on any atom is 0.0465 e. The second-order valence-electron chi connectivity index (χ2n) is 38.2. The molecule has 4 nitrogen and oxygen atoms in total. The van der Waals surface area contributed by atoms with Crippen molar-refractivity contribution in [2.24, 2.45) is 0 Å². The Kier molecular flexibility index (Phi) is 28.3. The van der Waals surface area contributed by atoms with Gasteiger partial charge in [-0.15, -0.1) is 0 Å². The zero-order valence-corrected chi connectivity index (χ0v) is 83.7. The third-order valence-electron chi connectivity index (χ3n) is 28.0. The van der Waals surface area contributed by atoms with Gasteiger partial charge in [-0.3, -0.25) is 0 Å². The monoisotopic (exact) mass is 1890 g/mol. The van der Waals surface area contributed by atoms with Gasteiger partial charge >= 0.3 is 0 Å². The molecule has 1 aliphatic rings. The molecule has 0 saturated carbocycles. The first kappa shape index (κ1) is 94.7. The van der Waals surface area contributed by atoms with Crippen molar-refractivity contribution in [1.82, 2.24) is 0 Å². The van der Waals surface area contributed by atoms with Crippen LogP contribution in [0, 0.1) is 27.7 Å². The number of hydrogen-bond donors (Lipinski definition) is 0. The Balaban J connectivity index is 0.000000115. The zero-order chi connectivity index (χ0) is 99.8. The Morgan fingerprint density at radius 2 is 0.313 bits per heavy atom. The van der Waals surface area contributed by atoms with Gasteiger partial charge in [0.1, 0.15) is 0 Å². The van der Waals surface area contributed by atoms with E-state index in [1.54, 1.807) is 0 Å². The predicted octanol–water partition coefficient (Wildman–Crippen LogP) is 40.3. The molecular formula is C143H114N4. The molecule has 23 aromatic carbocycles. The fraction of sp³-hybridized carbons (Fsp3) is 0.0490. The van der Waals surface area contributed by atoms with Crippen LogP contribution in [0.2, 0.25) is 0 Å². The highest BCUT2D eigenvalue weighted by atomic mass is 15.2. The van der Waals surface area contributed by atoms with E-state index in [9.17, 15) is 0 Å². The van der Waals surface area contributed by atoms with E-state index in [2.05, 4.69) is 644 Å². The quantitative estimate of drug-likeness (QED) is 0.0711. The van der Waals surface area contributed by atoms with Crippen molar-refractivity contribution in [3.8, 4) is 111 Å². The first-order chi connectivity index (χ1) is 72.3. The van der Waals surface area contributed by atoms with Gasteiger partial charge in [0, 0.05) is 73.7 Å². The fourth-order valence-electron chi connectivity index (χ4n) is 20.2. The van der Waals surface area contributed by atoms with E-state index in [1.165, 1.54) is 161 Å². The summed E-state index contributed by atoms with van der Waals surface area (Å²) in [5.41, 5.74) is 46.3. The Morgan fingerprint density at radius 3 is 0.619 bits per heavy atom. The summed E-state index contributed by atoms with van der Waals surface area (Å²) in [6.45, 7) is 13.2. The van der Waals surface area contributed by atoms with Gasteiger partial charge in [0.2, 0.25) is 0 Å². The number of rotatable bonds is 21. The van der Waals surface area contributed by atoms with Gasteiger partial charge in [-0.25, -0.2) is 0 Å². The lowest BCUT2D eigenvalue weighted by molar-refractivity contribution is 0.660. The Bertz CT molecular complexity index is 8330. The van der Waals surface area contributed by atoms with Crippen LogP contribution < -0.4 is 19.6 Å². The van der Waals surface area contributed by atoms with Crippen molar-refractivity contribution < 1.29 is 0 Å². The summed E-state index contributed by atoms with van der Waals surface area (Å²) in [5.74, 6) is 0. The SMILES string of the molecule is Cc1ccc(N(c2ccc(-c3ccccc3)cc2)c2ccc(-c3ccc4ccccc4c3)cc2)cc1.Cc1ccc(N(c2ccc(-c3ccccc3)cc2)c2ccc(-c3ccccc3-c3ccccc3)cc2)cc1.Cc1ccc(N(c2ccc(-c3ccccc3-c3ccccc3)cc2)c2ccc3c(c2)C(C)(C)c2ccccc2-3)cc1.Cc1ccc(N(c2ccccc2)c2ccc(-c3ccccc3-c3ccccc3)cc2)cc1. The fourth-order valence-corrected chi connectivity index (χ4v) is 20.2. The minimum Gasteiger partial charge on any atom is -0.311 e. The first-order valence-corrected chi connectivity index (χ1v) is 50.7. The molecule has 0 N–H and O–H groups in total. The summed E-state index contributed by atoms with van der Waals surface area (Å²) < 4.78 is 0. The summed E-state index contributed by atoms with van der Waals surface area (Å²) in [7, 11) is 0. The third-order valence-corrected chi connectivity index (χ3v) is 28.0. The molecule has 0 atom stereocenters. The van der Waals surface area contributed by atoms with Crippen molar-refractivity contribution in [3.63, 3.8) is 0 Å². The lowest BCUT2D eigenvalue weighted by Gasteiger charge is -2.28. The molecule has 1 aliphatic carbocycles. The van der Waals surface area contributed by atoms with Gasteiger partial charge in [-0.05, 0) is 313 Å². The van der Waals surface area contributed by atoms with Crippen LogP contribution in [0.15, 0.2) is 582 Å². The van der Waals surface area contributed by atoms with E-state index in [0.29, 0.717) is 0 Å². The summed E-state index contributed by atoms with van der Waals surface area (Å²) >= 11 is 0. The topological polar surface area (TPSA) is 13.0 Å². The maximum atomic E-state index is 2.40. The molecule has 706 valence electrons. The highest BCUT2D eigenvalue weighted by Gasteiger charge is 2.36. The van der Waals surface area contributed by atoms with Crippen LogP contribution in [-0.2, 0) is 5.41 Å². The molecule has 0 amide bonds. The summed E-state index contributed by atoms with van der Waals surface area (Å²) in [6, 6.07) is 209. The number of benzene rings is 23.